The fourth-order valence-electron chi connectivity index (χ4n) is 3.80. The molecule has 3 N–H and O–H groups in total. The van der Waals surface area contributed by atoms with Gasteiger partial charge in [-0.15, -0.1) is 11.3 Å². The number of hydrogen-bond acceptors (Lipinski definition) is 4. The Balaban J connectivity index is 1.64. The van der Waals surface area contributed by atoms with E-state index in [0.717, 1.165) is 57.5 Å². The standard InChI is InChI=1S/C18H27N3O3S/c1-3-20-8-10-21(11-9-20)12-15(22)19-17-16(18(23)24-4-2)13-6-5-7-14(13)25-17/h3-12H2,1-2H3,(H,19,22)/p+2. The Morgan fingerprint density at radius 1 is 1.12 bits per heavy atom. The molecule has 0 atom stereocenters. The van der Waals surface area contributed by atoms with Crippen LogP contribution in [0.2, 0.25) is 0 Å². The monoisotopic (exact) mass is 367 g/mol. The molecule has 1 amide bonds. The van der Waals surface area contributed by atoms with E-state index in [2.05, 4.69) is 12.2 Å². The summed E-state index contributed by atoms with van der Waals surface area (Å²) < 4.78 is 5.22. The zero-order valence-electron chi connectivity index (χ0n) is 15.2. The summed E-state index contributed by atoms with van der Waals surface area (Å²) >= 11 is 1.55. The summed E-state index contributed by atoms with van der Waals surface area (Å²) in [5.41, 5.74) is 1.69. The number of nitrogens with one attached hydrogen (secondary N) is 3. The number of piperazine rings is 1. The number of amides is 1. The topological polar surface area (TPSA) is 64.3 Å². The molecule has 25 heavy (non-hydrogen) atoms. The van der Waals surface area contributed by atoms with Crippen molar-refractivity contribution in [1.82, 2.24) is 0 Å². The zero-order valence-corrected chi connectivity index (χ0v) is 16.0. The van der Waals surface area contributed by atoms with Crippen molar-refractivity contribution in [3.8, 4) is 0 Å². The number of anilines is 1. The molecule has 0 spiro atoms. The van der Waals surface area contributed by atoms with E-state index in [1.807, 2.05) is 6.92 Å². The Hall–Kier alpha value is -1.44. The molecule has 0 aromatic carbocycles. The number of hydrogen-bond donors (Lipinski definition) is 3. The van der Waals surface area contributed by atoms with E-state index < -0.39 is 0 Å². The van der Waals surface area contributed by atoms with Crippen molar-refractivity contribution in [3.05, 3.63) is 16.0 Å². The first-order chi connectivity index (χ1) is 12.1. The number of carbonyl (C=O) groups excluding carboxylic acids is 2. The molecule has 3 rings (SSSR count). The number of quaternary nitrogens is 2. The summed E-state index contributed by atoms with van der Waals surface area (Å²) in [6, 6.07) is 0. The first-order valence-electron chi connectivity index (χ1n) is 9.41. The summed E-state index contributed by atoms with van der Waals surface area (Å²) in [5.74, 6) is -0.301. The highest BCUT2D eigenvalue weighted by atomic mass is 32.1. The summed E-state index contributed by atoms with van der Waals surface area (Å²) in [7, 11) is 0. The van der Waals surface area contributed by atoms with Crippen LogP contribution < -0.4 is 15.1 Å². The van der Waals surface area contributed by atoms with Gasteiger partial charge in [0.25, 0.3) is 5.91 Å². The Kier molecular flexibility index (Phi) is 6.09. The van der Waals surface area contributed by atoms with E-state index in [1.54, 1.807) is 16.2 Å². The van der Waals surface area contributed by atoms with Crippen molar-refractivity contribution in [3.63, 3.8) is 0 Å². The van der Waals surface area contributed by atoms with E-state index in [1.165, 1.54) is 9.78 Å². The van der Waals surface area contributed by atoms with Crippen LogP contribution in [-0.4, -0.2) is 57.8 Å². The highest BCUT2D eigenvalue weighted by Crippen LogP contribution is 2.39. The third-order valence-electron chi connectivity index (χ3n) is 5.23. The molecule has 1 aliphatic carbocycles. The number of esters is 1. The lowest BCUT2D eigenvalue weighted by Gasteiger charge is -2.28. The fraction of sp³-hybridized carbons (Fsp3) is 0.667. The summed E-state index contributed by atoms with van der Waals surface area (Å²) in [4.78, 5) is 29.0. The van der Waals surface area contributed by atoms with E-state index >= 15 is 0 Å². The van der Waals surface area contributed by atoms with Gasteiger partial charge in [0.05, 0.1) is 18.7 Å². The quantitative estimate of drug-likeness (QED) is 0.575. The molecule has 1 aliphatic heterocycles. The predicted octanol–water partition coefficient (Wildman–Crippen LogP) is -0.845. The second-order valence-corrected chi connectivity index (χ2v) is 7.97. The smallest absolute Gasteiger partial charge is 0.341 e. The lowest BCUT2D eigenvalue weighted by atomic mass is 10.1. The van der Waals surface area contributed by atoms with Crippen LogP contribution in [0.15, 0.2) is 0 Å². The molecule has 0 bridgehead atoms. The number of carbonyl (C=O) groups is 2. The Morgan fingerprint density at radius 3 is 2.52 bits per heavy atom. The van der Waals surface area contributed by atoms with Gasteiger partial charge >= 0.3 is 5.97 Å². The van der Waals surface area contributed by atoms with Gasteiger partial charge in [0, 0.05) is 4.88 Å². The summed E-state index contributed by atoms with van der Waals surface area (Å²) in [6.45, 7) is 10.3. The van der Waals surface area contributed by atoms with Crippen molar-refractivity contribution in [2.24, 2.45) is 0 Å². The predicted molar refractivity (Wildman–Crippen MR) is 97.7 cm³/mol. The van der Waals surface area contributed by atoms with Gasteiger partial charge in [-0.3, -0.25) is 4.79 Å². The third kappa shape index (κ3) is 4.22. The highest BCUT2D eigenvalue weighted by Gasteiger charge is 2.29. The number of ether oxygens (including phenoxy) is 1. The van der Waals surface area contributed by atoms with Gasteiger partial charge in [-0.25, -0.2) is 4.79 Å². The van der Waals surface area contributed by atoms with Crippen LogP contribution in [0.3, 0.4) is 0 Å². The van der Waals surface area contributed by atoms with Gasteiger partial charge in [0.1, 0.15) is 31.2 Å². The number of thiophene rings is 1. The Morgan fingerprint density at radius 2 is 1.84 bits per heavy atom. The van der Waals surface area contributed by atoms with Gasteiger partial charge in [-0.1, -0.05) is 0 Å². The molecule has 138 valence electrons. The van der Waals surface area contributed by atoms with Crippen LogP contribution in [0, 0.1) is 0 Å². The first kappa shape index (κ1) is 18.4. The van der Waals surface area contributed by atoms with Gasteiger partial charge in [0.15, 0.2) is 6.54 Å². The van der Waals surface area contributed by atoms with Crippen molar-refractivity contribution < 1.29 is 24.1 Å². The molecule has 2 heterocycles. The number of likely N-dealkylation sites (N-methyl/N-ethyl adjacent to an activating group) is 1. The minimum absolute atomic E-state index is 0.000389. The molecular formula is C18H29N3O3S+2. The molecule has 0 radical (unpaired) electrons. The molecule has 2 aliphatic rings. The van der Waals surface area contributed by atoms with E-state index in [4.69, 9.17) is 4.74 Å². The maximum atomic E-state index is 12.5. The maximum Gasteiger partial charge on any atom is 0.341 e. The van der Waals surface area contributed by atoms with Gasteiger partial charge in [-0.05, 0) is 38.7 Å². The normalized spacial score (nSPS) is 22.5. The molecule has 1 saturated heterocycles. The van der Waals surface area contributed by atoms with E-state index in [9.17, 15) is 9.59 Å². The zero-order chi connectivity index (χ0) is 17.8. The minimum Gasteiger partial charge on any atom is -0.462 e. The lowest BCUT2D eigenvalue weighted by Crippen LogP contribution is -3.28. The number of fused-ring (bicyclic) bond motifs is 1. The van der Waals surface area contributed by atoms with Crippen LogP contribution >= 0.6 is 11.3 Å². The fourth-order valence-corrected chi connectivity index (χ4v) is 5.09. The lowest BCUT2D eigenvalue weighted by molar-refractivity contribution is -1.01. The number of aryl methyl sites for hydroxylation is 1. The minimum atomic E-state index is -0.301. The SMILES string of the molecule is CCOC(=O)c1c(NC(=O)C[NH+]2CC[NH+](CC)CC2)sc2c1CCC2. The van der Waals surface area contributed by atoms with E-state index in [0.29, 0.717) is 23.7 Å². The first-order valence-corrected chi connectivity index (χ1v) is 10.2. The Labute approximate surface area is 153 Å². The molecule has 1 fully saturated rings. The van der Waals surface area contributed by atoms with Crippen LogP contribution in [-0.2, 0) is 22.4 Å². The van der Waals surface area contributed by atoms with E-state index in [-0.39, 0.29) is 11.9 Å². The summed E-state index contributed by atoms with van der Waals surface area (Å²) in [6.07, 6.45) is 2.98. The maximum absolute atomic E-state index is 12.5. The average molecular weight is 368 g/mol. The second-order valence-electron chi connectivity index (χ2n) is 6.86. The van der Waals surface area contributed by atoms with Gasteiger partial charge in [-0.2, -0.15) is 0 Å². The van der Waals surface area contributed by atoms with Crippen LogP contribution in [0.5, 0.6) is 0 Å². The second kappa shape index (κ2) is 8.29. The van der Waals surface area contributed by atoms with Crippen molar-refractivity contribution >= 4 is 28.2 Å². The van der Waals surface area contributed by atoms with Crippen LogP contribution in [0.4, 0.5) is 5.00 Å². The molecule has 6 nitrogen and oxygen atoms in total. The molecule has 0 unspecified atom stereocenters. The molecule has 7 heteroatoms. The molecular weight excluding hydrogens is 338 g/mol. The summed E-state index contributed by atoms with van der Waals surface area (Å²) in [5, 5.41) is 3.69. The largest absolute Gasteiger partial charge is 0.462 e. The van der Waals surface area contributed by atoms with Crippen LogP contribution in [0.25, 0.3) is 0 Å². The van der Waals surface area contributed by atoms with Gasteiger partial charge in [0.2, 0.25) is 0 Å². The highest BCUT2D eigenvalue weighted by molar-refractivity contribution is 7.17. The molecule has 1 aromatic heterocycles. The van der Waals surface area contributed by atoms with Crippen molar-refractivity contribution in [1.29, 1.82) is 0 Å². The average Bonchev–Trinajstić information content (AvgIpc) is 3.16. The van der Waals surface area contributed by atoms with Crippen molar-refractivity contribution in [2.75, 3.05) is 51.2 Å². The molecule has 0 saturated carbocycles. The Bertz CT molecular complexity index is 636. The molecule has 1 aromatic rings. The van der Waals surface area contributed by atoms with Gasteiger partial charge < -0.3 is 19.9 Å². The van der Waals surface area contributed by atoms with Crippen molar-refractivity contribution in [2.45, 2.75) is 33.1 Å². The number of rotatable bonds is 6. The third-order valence-corrected chi connectivity index (χ3v) is 6.44. The van der Waals surface area contributed by atoms with Crippen LogP contribution in [0.1, 0.15) is 41.1 Å².